The topological polar surface area (TPSA) is 20.3 Å². The number of benzene rings is 1. The number of Topliss-reactive ketones (excluding diaryl/α,β-unsaturated/α-hetero) is 1. The highest BCUT2D eigenvalue weighted by Crippen LogP contribution is 2.28. The van der Waals surface area contributed by atoms with Crippen molar-refractivity contribution in [3.05, 3.63) is 29.6 Å². The minimum absolute atomic E-state index is 0.196. The SMILES string of the molecule is CSC1CCCCN(c2cccc(F)c2C(C)=O)C1. The minimum atomic E-state index is -0.407. The Morgan fingerprint density at radius 1 is 1.42 bits per heavy atom. The van der Waals surface area contributed by atoms with Crippen molar-refractivity contribution in [2.45, 2.75) is 31.4 Å². The van der Waals surface area contributed by atoms with E-state index in [2.05, 4.69) is 11.2 Å². The second kappa shape index (κ2) is 6.42. The summed E-state index contributed by atoms with van der Waals surface area (Å²) in [6, 6.07) is 4.92. The lowest BCUT2D eigenvalue weighted by molar-refractivity contribution is 0.101. The van der Waals surface area contributed by atoms with E-state index in [0.29, 0.717) is 5.25 Å². The van der Waals surface area contributed by atoms with Gasteiger partial charge in [-0.2, -0.15) is 11.8 Å². The summed E-state index contributed by atoms with van der Waals surface area (Å²) < 4.78 is 13.9. The Hall–Kier alpha value is -1.03. The van der Waals surface area contributed by atoms with Gasteiger partial charge in [0.1, 0.15) is 5.82 Å². The minimum Gasteiger partial charge on any atom is -0.370 e. The van der Waals surface area contributed by atoms with E-state index in [0.717, 1.165) is 25.2 Å². The molecule has 2 rings (SSSR count). The first-order chi connectivity index (χ1) is 9.13. The molecule has 1 unspecified atom stereocenters. The molecular weight excluding hydrogens is 261 g/mol. The molecule has 2 nitrogen and oxygen atoms in total. The first kappa shape index (κ1) is 14.4. The molecule has 0 N–H and O–H groups in total. The van der Waals surface area contributed by atoms with Gasteiger partial charge in [0.2, 0.25) is 0 Å². The van der Waals surface area contributed by atoms with E-state index < -0.39 is 5.82 Å². The maximum absolute atomic E-state index is 13.9. The number of hydrogen-bond acceptors (Lipinski definition) is 3. The molecule has 0 aliphatic carbocycles. The highest BCUT2D eigenvalue weighted by Gasteiger charge is 2.22. The molecule has 1 aromatic rings. The van der Waals surface area contributed by atoms with E-state index in [1.807, 2.05) is 17.8 Å². The van der Waals surface area contributed by atoms with E-state index in [9.17, 15) is 9.18 Å². The van der Waals surface area contributed by atoms with Crippen molar-refractivity contribution >= 4 is 23.2 Å². The molecule has 4 heteroatoms. The summed E-state index contributed by atoms with van der Waals surface area (Å²) in [4.78, 5) is 13.9. The highest BCUT2D eigenvalue weighted by atomic mass is 32.2. The fourth-order valence-corrected chi connectivity index (χ4v) is 3.37. The Kier molecular flexibility index (Phi) is 4.86. The van der Waals surface area contributed by atoms with E-state index in [1.165, 1.54) is 25.8 Å². The normalized spacial score (nSPS) is 20.2. The Morgan fingerprint density at radius 2 is 2.21 bits per heavy atom. The van der Waals surface area contributed by atoms with Crippen LogP contribution in [0.3, 0.4) is 0 Å². The summed E-state index contributed by atoms with van der Waals surface area (Å²) in [6.07, 6.45) is 5.62. The summed E-state index contributed by atoms with van der Waals surface area (Å²) in [5.41, 5.74) is 0.998. The van der Waals surface area contributed by atoms with Crippen LogP contribution in [0.15, 0.2) is 18.2 Å². The van der Waals surface area contributed by atoms with Gasteiger partial charge in [-0.1, -0.05) is 12.5 Å². The van der Waals surface area contributed by atoms with Crippen LogP contribution in [0.4, 0.5) is 10.1 Å². The number of halogens is 1. The summed E-state index contributed by atoms with van der Waals surface area (Å²) in [5.74, 6) is -0.604. The number of nitrogens with zero attached hydrogens (tertiary/aromatic N) is 1. The summed E-state index contributed by atoms with van der Waals surface area (Å²) >= 11 is 1.86. The van der Waals surface area contributed by atoms with Crippen LogP contribution >= 0.6 is 11.8 Å². The first-order valence-corrected chi connectivity index (χ1v) is 7.99. The second-order valence-electron chi connectivity index (χ2n) is 4.99. The number of hydrogen-bond donors (Lipinski definition) is 0. The maximum Gasteiger partial charge on any atom is 0.164 e. The van der Waals surface area contributed by atoms with Crippen molar-refractivity contribution in [1.82, 2.24) is 0 Å². The van der Waals surface area contributed by atoms with Crippen LogP contribution in [0.1, 0.15) is 36.5 Å². The molecular formula is C15H20FNOS. The Labute approximate surface area is 118 Å². The third kappa shape index (κ3) is 3.30. The lowest BCUT2D eigenvalue weighted by atomic mass is 10.1. The summed E-state index contributed by atoms with van der Waals surface area (Å²) in [7, 11) is 0. The third-order valence-electron chi connectivity index (χ3n) is 3.65. The zero-order chi connectivity index (χ0) is 13.8. The van der Waals surface area contributed by atoms with E-state index in [4.69, 9.17) is 0 Å². The number of carbonyl (C=O) groups excluding carboxylic acids is 1. The van der Waals surface area contributed by atoms with Gasteiger partial charge in [0, 0.05) is 18.3 Å². The molecule has 0 radical (unpaired) electrons. The molecule has 19 heavy (non-hydrogen) atoms. The molecule has 1 aliphatic rings. The Bertz CT molecular complexity index is 463. The van der Waals surface area contributed by atoms with E-state index in [1.54, 1.807) is 6.07 Å². The molecule has 0 spiro atoms. The van der Waals surface area contributed by atoms with Gasteiger partial charge >= 0.3 is 0 Å². The third-order valence-corrected chi connectivity index (χ3v) is 4.70. The van der Waals surface area contributed by atoms with Gasteiger partial charge in [0.05, 0.1) is 11.3 Å². The number of ketones is 1. The van der Waals surface area contributed by atoms with Crippen LogP contribution < -0.4 is 4.90 Å². The van der Waals surface area contributed by atoms with Crippen molar-refractivity contribution in [2.24, 2.45) is 0 Å². The van der Waals surface area contributed by atoms with Gasteiger partial charge < -0.3 is 4.90 Å². The number of rotatable bonds is 3. The number of thioether (sulfide) groups is 1. The molecule has 1 aliphatic heterocycles. The second-order valence-corrected chi connectivity index (χ2v) is 6.13. The number of carbonyl (C=O) groups is 1. The van der Waals surface area contributed by atoms with E-state index >= 15 is 0 Å². The first-order valence-electron chi connectivity index (χ1n) is 6.70. The van der Waals surface area contributed by atoms with Crippen LogP contribution in [0.2, 0.25) is 0 Å². The highest BCUT2D eigenvalue weighted by molar-refractivity contribution is 7.99. The molecule has 1 aromatic carbocycles. The van der Waals surface area contributed by atoms with Crippen LogP contribution in [-0.2, 0) is 0 Å². The monoisotopic (exact) mass is 281 g/mol. The van der Waals surface area contributed by atoms with Crippen molar-refractivity contribution in [3.63, 3.8) is 0 Å². The van der Waals surface area contributed by atoms with Crippen LogP contribution in [0.25, 0.3) is 0 Å². The van der Waals surface area contributed by atoms with Crippen LogP contribution in [0, 0.1) is 5.82 Å². The lowest BCUT2D eigenvalue weighted by Crippen LogP contribution is -2.31. The predicted molar refractivity (Wildman–Crippen MR) is 79.8 cm³/mol. The Morgan fingerprint density at radius 3 is 2.89 bits per heavy atom. The van der Waals surface area contributed by atoms with Gasteiger partial charge in [-0.25, -0.2) is 4.39 Å². The van der Waals surface area contributed by atoms with Gasteiger partial charge in [0.25, 0.3) is 0 Å². The maximum atomic E-state index is 13.9. The zero-order valence-corrected chi connectivity index (χ0v) is 12.3. The number of anilines is 1. The molecule has 1 saturated heterocycles. The standard InChI is InChI=1S/C15H20FNOS/c1-11(18)15-13(16)7-5-8-14(15)17-9-4-3-6-12(10-17)19-2/h5,7-8,12H,3-4,6,9-10H2,1-2H3. The molecule has 1 fully saturated rings. The summed E-state index contributed by atoms with van der Waals surface area (Å²) in [6.45, 7) is 3.23. The quantitative estimate of drug-likeness (QED) is 0.787. The molecule has 0 amide bonds. The zero-order valence-electron chi connectivity index (χ0n) is 11.5. The smallest absolute Gasteiger partial charge is 0.164 e. The summed E-state index contributed by atoms with van der Waals surface area (Å²) in [5, 5.41) is 0.561. The fourth-order valence-electron chi connectivity index (χ4n) is 2.64. The van der Waals surface area contributed by atoms with Gasteiger partial charge in [-0.3, -0.25) is 4.79 Å². The van der Waals surface area contributed by atoms with Crippen LogP contribution in [-0.4, -0.2) is 30.4 Å². The van der Waals surface area contributed by atoms with Crippen molar-refractivity contribution in [2.75, 3.05) is 24.2 Å². The van der Waals surface area contributed by atoms with Gasteiger partial charge in [-0.05, 0) is 38.2 Å². The molecule has 0 aromatic heterocycles. The molecule has 1 atom stereocenters. The van der Waals surface area contributed by atoms with Crippen molar-refractivity contribution < 1.29 is 9.18 Å². The van der Waals surface area contributed by atoms with Crippen LogP contribution in [0.5, 0.6) is 0 Å². The van der Waals surface area contributed by atoms with Crippen molar-refractivity contribution in [3.8, 4) is 0 Å². The average molecular weight is 281 g/mol. The Balaban J connectivity index is 2.34. The molecule has 1 heterocycles. The van der Waals surface area contributed by atoms with Crippen molar-refractivity contribution in [1.29, 1.82) is 0 Å². The predicted octanol–water partition coefficient (Wildman–Crippen LogP) is 3.75. The molecule has 0 bridgehead atoms. The largest absolute Gasteiger partial charge is 0.370 e. The van der Waals surface area contributed by atoms with Gasteiger partial charge in [-0.15, -0.1) is 0 Å². The lowest BCUT2D eigenvalue weighted by Gasteiger charge is -2.27. The molecule has 0 saturated carbocycles. The van der Waals surface area contributed by atoms with Gasteiger partial charge in [0.15, 0.2) is 5.78 Å². The average Bonchev–Trinajstić information content (AvgIpc) is 2.63. The van der Waals surface area contributed by atoms with E-state index in [-0.39, 0.29) is 11.3 Å². The molecule has 104 valence electrons. The fraction of sp³-hybridized carbons (Fsp3) is 0.533.